The monoisotopic (exact) mass is 364 g/mol. The number of hydrogen-bond acceptors (Lipinski definition) is 3. The van der Waals surface area contributed by atoms with Crippen molar-refractivity contribution in [3.63, 3.8) is 0 Å². The Morgan fingerprint density at radius 3 is 2.23 bits per heavy atom. The maximum atomic E-state index is 12.3. The number of benzene rings is 1. The molecule has 22 heavy (non-hydrogen) atoms. The maximum absolute atomic E-state index is 12.3. The van der Waals surface area contributed by atoms with E-state index in [0.717, 1.165) is 32.1 Å². The summed E-state index contributed by atoms with van der Waals surface area (Å²) in [7, 11) is -3.54. The van der Waals surface area contributed by atoms with E-state index < -0.39 is 20.8 Å². The van der Waals surface area contributed by atoms with Gasteiger partial charge >= 0.3 is 0 Å². The van der Waals surface area contributed by atoms with E-state index in [-0.39, 0.29) is 10.9 Å². The molecule has 0 unspecified atom stereocenters. The third-order valence-corrected chi connectivity index (χ3v) is 5.49. The molecule has 2 rings (SSSR count). The minimum atomic E-state index is -3.54. The Labute approximate surface area is 140 Å². The summed E-state index contributed by atoms with van der Waals surface area (Å²) in [5, 5.41) is 2.48. The maximum Gasteiger partial charge on any atom is 0.257 e. The first-order valence-electron chi connectivity index (χ1n) is 7.10. The fourth-order valence-corrected chi connectivity index (χ4v) is 3.84. The van der Waals surface area contributed by atoms with Gasteiger partial charge in [0.25, 0.3) is 5.91 Å². The van der Waals surface area contributed by atoms with Crippen LogP contribution in [0.5, 0.6) is 0 Å². The molecule has 0 heterocycles. The van der Waals surface area contributed by atoms with E-state index in [2.05, 4.69) is 10.0 Å². The largest absolute Gasteiger partial charge is 0.324 e. The smallest absolute Gasteiger partial charge is 0.257 e. The summed E-state index contributed by atoms with van der Waals surface area (Å²) in [6, 6.07) is 5.90. The van der Waals surface area contributed by atoms with Gasteiger partial charge in [0.05, 0.1) is 4.90 Å². The van der Waals surface area contributed by atoms with Gasteiger partial charge in [0.2, 0.25) is 10.0 Å². The second-order valence-electron chi connectivity index (χ2n) is 5.27. The van der Waals surface area contributed by atoms with Gasteiger partial charge in [-0.05, 0) is 37.1 Å². The fraction of sp³-hybridized carbons (Fsp3) is 0.500. The third kappa shape index (κ3) is 4.84. The molecule has 0 spiro atoms. The zero-order valence-electron chi connectivity index (χ0n) is 11.9. The van der Waals surface area contributed by atoms with Gasteiger partial charge in [0.1, 0.15) is 0 Å². The molecule has 0 atom stereocenters. The average Bonchev–Trinajstić information content (AvgIpc) is 2.48. The molecule has 0 bridgehead atoms. The van der Waals surface area contributed by atoms with Gasteiger partial charge in [-0.2, -0.15) is 0 Å². The first-order valence-corrected chi connectivity index (χ1v) is 9.45. The number of sulfonamides is 1. The van der Waals surface area contributed by atoms with Crippen molar-refractivity contribution in [2.24, 2.45) is 0 Å². The van der Waals surface area contributed by atoms with Crippen molar-refractivity contribution in [3.8, 4) is 0 Å². The molecule has 0 aliphatic heterocycles. The van der Waals surface area contributed by atoms with E-state index in [1.807, 2.05) is 0 Å². The fourth-order valence-electron chi connectivity index (χ4n) is 2.42. The van der Waals surface area contributed by atoms with E-state index in [0.29, 0.717) is 5.69 Å². The Kier molecular flexibility index (Phi) is 6.09. The molecular formula is C14H18Cl2N2O3S. The Balaban J connectivity index is 2.03. The molecule has 8 heteroatoms. The summed E-state index contributed by atoms with van der Waals surface area (Å²) in [6.45, 7) is 0. The lowest BCUT2D eigenvalue weighted by Gasteiger charge is -2.22. The van der Waals surface area contributed by atoms with Gasteiger partial charge in [0, 0.05) is 11.7 Å². The molecule has 1 fully saturated rings. The number of alkyl halides is 2. The quantitative estimate of drug-likeness (QED) is 0.788. The predicted molar refractivity (Wildman–Crippen MR) is 87.8 cm³/mol. The van der Waals surface area contributed by atoms with E-state index in [9.17, 15) is 13.2 Å². The zero-order valence-corrected chi connectivity index (χ0v) is 14.2. The van der Waals surface area contributed by atoms with Crippen LogP contribution in [0.25, 0.3) is 0 Å². The minimum absolute atomic E-state index is 0.00591. The standard InChI is InChI=1S/C14H18Cl2N2O3S/c15-13(16)14(19)17-10-6-8-12(9-7-10)22(20,21)18-11-4-2-1-3-5-11/h6-9,11,13,18H,1-5H2,(H,17,19). The molecule has 1 aliphatic carbocycles. The Bertz CT molecular complexity index is 611. The second kappa shape index (κ2) is 7.64. The van der Waals surface area contributed by atoms with Gasteiger partial charge in [0.15, 0.2) is 4.84 Å². The lowest BCUT2D eigenvalue weighted by molar-refractivity contribution is -0.114. The van der Waals surface area contributed by atoms with Crippen LogP contribution in [0, 0.1) is 0 Å². The van der Waals surface area contributed by atoms with E-state index in [1.54, 1.807) is 0 Å². The molecule has 1 aromatic rings. The van der Waals surface area contributed by atoms with Gasteiger partial charge < -0.3 is 5.32 Å². The van der Waals surface area contributed by atoms with E-state index in [1.165, 1.54) is 24.3 Å². The summed E-state index contributed by atoms with van der Waals surface area (Å²) in [4.78, 5) is 10.4. The van der Waals surface area contributed by atoms with Crippen molar-refractivity contribution in [3.05, 3.63) is 24.3 Å². The number of rotatable bonds is 5. The van der Waals surface area contributed by atoms with Crippen LogP contribution in [0.4, 0.5) is 5.69 Å². The lowest BCUT2D eigenvalue weighted by Crippen LogP contribution is -2.36. The molecule has 0 saturated heterocycles. The van der Waals surface area contributed by atoms with Crippen LogP contribution in [0.1, 0.15) is 32.1 Å². The van der Waals surface area contributed by atoms with Crippen LogP contribution in [0.3, 0.4) is 0 Å². The number of anilines is 1. The molecule has 1 amide bonds. The Morgan fingerprint density at radius 2 is 1.68 bits per heavy atom. The number of amides is 1. The SMILES string of the molecule is O=C(Nc1ccc(S(=O)(=O)NC2CCCCC2)cc1)C(Cl)Cl. The number of halogens is 2. The highest BCUT2D eigenvalue weighted by Crippen LogP contribution is 2.21. The minimum Gasteiger partial charge on any atom is -0.324 e. The molecular weight excluding hydrogens is 347 g/mol. The van der Waals surface area contributed by atoms with Crippen molar-refractivity contribution in [1.29, 1.82) is 0 Å². The molecule has 0 aromatic heterocycles. The number of hydrogen-bond donors (Lipinski definition) is 2. The molecule has 1 aromatic carbocycles. The molecule has 5 nitrogen and oxygen atoms in total. The topological polar surface area (TPSA) is 75.3 Å². The van der Waals surface area contributed by atoms with Crippen LogP contribution < -0.4 is 10.0 Å². The van der Waals surface area contributed by atoms with Gasteiger partial charge in [-0.15, -0.1) is 0 Å². The van der Waals surface area contributed by atoms with E-state index >= 15 is 0 Å². The molecule has 1 saturated carbocycles. The molecule has 0 radical (unpaired) electrons. The predicted octanol–water partition coefficient (Wildman–Crippen LogP) is 3.04. The van der Waals surface area contributed by atoms with Gasteiger partial charge in [-0.25, -0.2) is 13.1 Å². The van der Waals surface area contributed by atoms with E-state index in [4.69, 9.17) is 23.2 Å². The summed E-state index contributed by atoms with van der Waals surface area (Å²) in [6.07, 6.45) is 5.02. The van der Waals surface area contributed by atoms with Crippen molar-refractivity contribution < 1.29 is 13.2 Å². The average molecular weight is 365 g/mol. The van der Waals surface area contributed by atoms with Crippen molar-refractivity contribution in [2.45, 2.75) is 47.9 Å². The third-order valence-electron chi connectivity index (χ3n) is 3.56. The number of carbonyl (C=O) groups excluding carboxylic acids is 1. The first-order chi connectivity index (χ1) is 10.4. The highest BCUT2D eigenvalue weighted by Gasteiger charge is 2.21. The van der Waals surface area contributed by atoms with Crippen molar-refractivity contribution >= 4 is 44.8 Å². The van der Waals surface area contributed by atoms with Crippen LogP contribution in [0.15, 0.2) is 29.2 Å². The molecule has 1 aliphatic rings. The van der Waals surface area contributed by atoms with Crippen molar-refractivity contribution in [1.82, 2.24) is 4.72 Å². The number of carbonyl (C=O) groups is 1. The normalized spacial score (nSPS) is 16.7. The highest BCUT2D eigenvalue weighted by molar-refractivity contribution is 7.89. The van der Waals surface area contributed by atoms with Crippen LogP contribution in [-0.2, 0) is 14.8 Å². The summed E-state index contributed by atoms with van der Waals surface area (Å²) >= 11 is 10.9. The second-order valence-corrected chi connectivity index (χ2v) is 8.08. The van der Waals surface area contributed by atoms with Crippen LogP contribution >= 0.6 is 23.2 Å². The highest BCUT2D eigenvalue weighted by atomic mass is 35.5. The first kappa shape index (κ1) is 17.5. The molecule has 2 N–H and O–H groups in total. The van der Waals surface area contributed by atoms with Crippen LogP contribution in [0.2, 0.25) is 0 Å². The summed E-state index contributed by atoms with van der Waals surface area (Å²) in [5.74, 6) is -0.556. The summed E-state index contributed by atoms with van der Waals surface area (Å²) < 4.78 is 27.3. The van der Waals surface area contributed by atoms with Gasteiger partial charge in [-0.3, -0.25) is 4.79 Å². The molecule has 122 valence electrons. The van der Waals surface area contributed by atoms with Gasteiger partial charge in [-0.1, -0.05) is 42.5 Å². The summed E-state index contributed by atoms with van der Waals surface area (Å²) in [5.41, 5.74) is 0.438. The Morgan fingerprint density at radius 1 is 1.09 bits per heavy atom. The van der Waals surface area contributed by atoms with Crippen LogP contribution in [-0.4, -0.2) is 25.2 Å². The zero-order chi connectivity index (χ0) is 16.2. The number of nitrogens with one attached hydrogen (secondary N) is 2. The lowest BCUT2D eigenvalue weighted by atomic mass is 9.96. The Hall–Kier alpha value is -0.820. The van der Waals surface area contributed by atoms with Crippen molar-refractivity contribution in [2.75, 3.05) is 5.32 Å².